The van der Waals surface area contributed by atoms with E-state index in [0.717, 1.165) is 135 Å². The number of carbonyl (C=O) groups is 4. The molecule has 0 spiro atoms. The van der Waals surface area contributed by atoms with Gasteiger partial charge in [-0.2, -0.15) is 0 Å². The van der Waals surface area contributed by atoms with E-state index in [4.69, 9.17) is 37.0 Å². The molecule has 0 radical (unpaired) electrons. The van der Waals surface area contributed by atoms with E-state index < -0.39 is 97.5 Å². The number of phosphoric ester groups is 2. The van der Waals surface area contributed by atoms with Gasteiger partial charge < -0.3 is 33.8 Å². The number of aliphatic hydroxyl groups excluding tert-OH is 1. The molecule has 0 aromatic heterocycles. The lowest BCUT2D eigenvalue weighted by atomic mass is 10.0. The maximum Gasteiger partial charge on any atom is 0.472 e. The van der Waals surface area contributed by atoms with Crippen LogP contribution in [0.5, 0.6) is 0 Å². The van der Waals surface area contributed by atoms with Gasteiger partial charge in [-0.1, -0.05) is 318 Å². The van der Waals surface area contributed by atoms with Crippen molar-refractivity contribution in [2.45, 2.75) is 393 Å². The average Bonchev–Trinajstić information content (AvgIpc) is 0.918. The predicted molar refractivity (Wildman–Crippen MR) is 427 cm³/mol. The quantitative estimate of drug-likeness (QED) is 0.0169. The zero-order valence-electron chi connectivity index (χ0n) is 66.2. The molecule has 0 aliphatic rings. The third kappa shape index (κ3) is 76.4. The summed E-state index contributed by atoms with van der Waals surface area (Å²) in [4.78, 5) is 73.1. The van der Waals surface area contributed by atoms with E-state index >= 15 is 0 Å². The van der Waals surface area contributed by atoms with Crippen LogP contribution in [-0.4, -0.2) is 96.7 Å². The summed E-state index contributed by atoms with van der Waals surface area (Å²) in [5.74, 6) is -2.26. The number of hydrogen-bond donors (Lipinski definition) is 3. The Morgan fingerprint density at radius 1 is 0.269 bits per heavy atom. The summed E-state index contributed by atoms with van der Waals surface area (Å²) in [6.07, 6.45) is 81.3. The van der Waals surface area contributed by atoms with Crippen molar-refractivity contribution in [3.05, 3.63) is 85.1 Å². The topological polar surface area (TPSA) is 237 Å². The van der Waals surface area contributed by atoms with Crippen LogP contribution in [0.4, 0.5) is 0 Å². The van der Waals surface area contributed by atoms with Crippen LogP contribution in [0.25, 0.3) is 0 Å². The van der Waals surface area contributed by atoms with Gasteiger partial charge in [-0.05, 0) is 116 Å². The van der Waals surface area contributed by atoms with Crippen molar-refractivity contribution in [1.82, 2.24) is 0 Å². The lowest BCUT2D eigenvalue weighted by molar-refractivity contribution is -0.161. The Balaban J connectivity index is 5.40. The number of carbonyl (C=O) groups excluding carboxylic acids is 4. The van der Waals surface area contributed by atoms with Gasteiger partial charge in [0, 0.05) is 25.7 Å². The second-order valence-electron chi connectivity index (χ2n) is 28.1. The summed E-state index contributed by atoms with van der Waals surface area (Å²) in [6, 6.07) is 0. The third-order valence-corrected chi connectivity index (χ3v) is 19.7. The standard InChI is InChI=1S/C85H152O17P2/c1-5-9-13-17-21-25-29-33-37-38-39-40-44-46-50-54-58-62-66-70-83(88)96-76-81(102-85(90)72-68-64-60-56-52-48-43-36-32-28-24-20-16-12-8-4)78-100-104(93,94)98-74-79(86)73-97-103(91,92)99-77-80(101-84(89)71-67-63-59-55-51-47-42-35-31-27-23-19-15-11-7-3)75-95-82(87)69-65-61-57-53-49-45-41-34-30-26-22-18-14-10-6-2/h21,25,27,31,33,36-37,39-40,43,46,50,58,62,79-81,86H,5-20,22-24,26,28-30,32,34-35,38,41-42,44-45,47-49,51-57,59-61,63-78H2,1-4H3,(H,91,92)(H,93,94)/b25-21-,31-27-,37-33-,40-39-,43-36-,50-46-,62-58-/t79-,80+,81+/m0/s1. The SMILES string of the molecule is CCCCC/C=C\C/C=C\C/C=C\C/C=C\C/C=C\CCC(=O)OC[C@H](COP(=O)(O)OC[C@@H](O)COP(=O)(O)OC[C@@H](COC(=O)CCCCCCCCCCCCCCCCC)OC(=O)CCCCCCCCC/C=C\CCCCCC)OC(=O)CCCCCCC/C=C\CCCCCCCC. The monoisotopic (exact) mass is 1510 g/mol. The molecule has 0 rings (SSSR count). The number of phosphoric acid groups is 2. The van der Waals surface area contributed by atoms with Gasteiger partial charge in [0.2, 0.25) is 0 Å². The van der Waals surface area contributed by atoms with E-state index in [1.807, 2.05) is 12.2 Å². The van der Waals surface area contributed by atoms with Crippen LogP contribution in [0.3, 0.4) is 0 Å². The number of unbranched alkanes of at least 4 members (excludes halogenated alkanes) is 39. The lowest BCUT2D eigenvalue weighted by Crippen LogP contribution is -2.30. The van der Waals surface area contributed by atoms with Gasteiger partial charge >= 0.3 is 39.5 Å². The van der Waals surface area contributed by atoms with Crippen LogP contribution in [0.1, 0.15) is 374 Å². The zero-order chi connectivity index (χ0) is 76.0. The van der Waals surface area contributed by atoms with E-state index in [1.165, 1.54) is 154 Å². The van der Waals surface area contributed by atoms with Crippen molar-refractivity contribution in [1.29, 1.82) is 0 Å². The van der Waals surface area contributed by atoms with Crippen molar-refractivity contribution in [2.24, 2.45) is 0 Å². The summed E-state index contributed by atoms with van der Waals surface area (Å²) in [6.45, 7) is 4.81. The van der Waals surface area contributed by atoms with Crippen LogP contribution >= 0.6 is 15.6 Å². The van der Waals surface area contributed by atoms with Crippen LogP contribution in [0.15, 0.2) is 85.1 Å². The van der Waals surface area contributed by atoms with Crippen LogP contribution in [0.2, 0.25) is 0 Å². The van der Waals surface area contributed by atoms with Crippen molar-refractivity contribution in [3.63, 3.8) is 0 Å². The maximum atomic E-state index is 13.1. The molecule has 2 unspecified atom stereocenters. The number of aliphatic hydroxyl groups is 1. The van der Waals surface area contributed by atoms with E-state index in [1.54, 1.807) is 0 Å². The van der Waals surface area contributed by atoms with Gasteiger partial charge in [0.15, 0.2) is 12.2 Å². The highest BCUT2D eigenvalue weighted by molar-refractivity contribution is 7.47. The molecule has 0 aromatic rings. The van der Waals surface area contributed by atoms with Gasteiger partial charge in [-0.15, -0.1) is 0 Å². The Kier molecular flexibility index (Phi) is 74.6. The fraction of sp³-hybridized carbons (Fsp3) is 0.788. The Bertz CT molecular complexity index is 2300. The Labute approximate surface area is 634 Å². The first kappa shape index (κ1) is 100. The average molecular weight is 1510 g/mol. The van der Waals surface area contributed by atoms with Crippen molar-refractivity contribution >= 4 is 39.5 Å². The fourth-order valence-electron chi connectivity index (χ4n) is 11.4. The predicted octanol–water partition coefficient (Wildman–Crippen LogP) is 24.6. The summed E-state index contributed by atoms with van der Waals surface area (Å²) < 4.78 is 68.6. The first-order chi connectivity index (χ1) is 50.7. The van der Waals surface area contributed by atoms with Crippen molar-refractivity contribution in [3.8, 4) is 0 Å². The van der Waals surface area contributed by atoms with E-state index in [0.29, 0.717) is 32.1 Å². The van der Waals surface area contributed by atoms with Gasteiger partial charge in [-0.25, -0.2) is 9.13 Å². The lowest BCUT2D eigenvalue weighted by Gasteiger charge is -2.21. The number of rotatable bonds is 79. The maximum absolute atomic E-state index is 13.1. The molecule has 17 nitrogen and oxygen atoms in total. The normalized spacial score (nSPS) is 14.3. The molecule has 0 amide bonds. The third-order valence-electron chi connectivity index (χ3n) is 17.8. The van der Waals surface area contributed by atoms with Gasteiger partial charge in [-0.3, -0.25) is 37.3 Å². The minimum absolute atomic E-state index is 0.0382. The van der Waals surface area contributed by atoms with Gasteiger partial charge in [0.25, 0.3) is 0 Å². The second-order valence-corrected chi connectivity index (χ2v) is 31.0. The zero-order valence-corrected chi connectivity index (χ0v) is 68.0. The molecule has 0 aliphatic heterocycles. The van der Waals surface area contributed by atoms with E-state index in [-0.39, 0.29) is 25.7 Å². The first-order valence-corrected chi connectivity index (χ1v) is 44.8. The molecule has 604 valence electrons. The van der Waals surface area contributed by atoms with E-state index in [9.17, 15) is 43.2 Å². The van der Waals surface area contributed by atoms with E-state index in [2.05, 4.69) is 101 Å². The highest BCUT2D eigenvalue weighted by Gasteiger charge is 2.30. The molecule has 0 aliphatic carbocycles. The minimum atomic E-state index is -4.99. The number of hydrogen-bond acceptors (Lipinski definition) is 15. The smallest absolute Gasteiger partial charge is 0.462 e. The second kappa shape index (κ2) is 77.4. The van der Waals surface area contributed by atoms with Gasteiger partial charge in [0.1, 0.15) is 19.3 Å². The Morgan fingerprint density at radius 3 is 0.817 bits per heavy atom. The molecule has 0 fully saturated rings. The largest absolute Gasteiger partial charge is 0.472 e. The minimum Gasteiger partial charge on any atom is -0.462 e. The van der Waals surface area contributed by atoms with Crippen LogP contribution < -0.4 is 0 Å². The first-order valence-electron chi connectivity index (χ1n) is 41.8. The van der Waals surface area contributed by atoms with Crippen LogP contribution in [0, 0.1) is 0 Å². The van der Waals surface area contributed by atoms with Crippen molar-refractivity contribution < 1.29 is 80.2 Å². The molecule has 3 N–H and O–H groups in total. The molecule has 0 bridgehead atoms. The Morgan fingerprint density at radius 2 is 0.490 bits per heavy atom. The van der Waals surface area contributed by atoms with Gasteiger partial charge in [0.05, 0.1) is 26.4 Å². The summed E-state index contributed by atoms with van der Waals surface area (Å²) >= 11 is 0. The number of esters is 4. The molecule has 0 heterocycles. The highest BCUT2D eigenvalue weighted by atomic mass is 31.2. The summed E-state index contributed by atoms with van der Waals surface area (Å²) in [5, 5.41) is 10.7. The molecule has 0 aromatic carbocycles. The molecular formula is C85H152O17P2. The fourth-order valence-corrected chi connectivity index (χ4v) is 13.0. The molecular weight excluding hydrogens is 1350 g/mol. The Hall–Kier alpha value is -3.76. The molecule has 104 heavy (non-hydrogen) atoms. The molecule has 0 saturated carbocycles. The summed E-state index contributed by atoms with van der Waals surface area (Å²) in [5.41, 5.74) is 0. The summed E-state index contributed by atoms with van der Waals surface area (Å²) in [7, 11) is -9.97. The highest BCUT2D eigenvalue weighted by Crippen LogP contribution is 2.45. The number of allylic oxidation sites excluding steroid dienone is 14. The van der Waals surface area contributed by atoms with Crippen molar-refractivity contribution in [2.75, 3.05) is 39.6 Å². The molecule has 0 saturated heterocycles. The number of ether oxygens (including phenoxy) is 4. The van der Waals surface area contributed by atoms with Crippen LogP contribution in [-0.2, 0) is 65.4 Å². The molecule has 5 atom stereocenters. The molecule has 19 heteroatoms.